The zero-order chi connectivity index (χ0) is 15.5. The summed E-state index contributed by atoms with van der Waals surface area (Å²) in [6.45, 7) is 3.99. The van der Waals surface area contributed by atoms with E-state index in [1.165, 1.54) is 5.56 Å². The van der Waals surface area contributed by atoms with Gasteiger partial charge in [-0.2, -0.15) is 5.10 Å². The quantitative estimate of drug-likeness (QED) is 0.681. The van der Waals surface area contributed by atoms with E-state index in [0.29, 0.717) is 12.7 Å². The van der Waals surface area contributed by atoms with Crippen LogP contribution in [0.1, 0.15) is 11.6 Å². The molecule has 122 valence electrons. The molecular weight excluding hydrogens is 294 g/mol. The van der Waals surface area contributed by atoms with Gasteiger partial charge < -0.3 is 14.8 Å². The molecule has 2 aliphatic heterocycles. The van der Waals surface area contributed by atoms with E-state index in [1.807, 2.05) is 23.0 Å². The minimum absolute atomic E-state index is 0.265. The van der Waals surface area contributed by atoms with Gasteiger partial charge in [-0.25, -0.2) is 5.43 Å². The van der Waals surface area contributed by atoms with E-state index in [2.05, 4.69) is 33.4 Å². The van der Waals surface area contributed by atoms with Crippen LogP contribution in [0.4, 0.5) is 0 Å². The van der Waals surface area contributed by atoms with Crippen molar-refractivity contribution < 1.29 is 9.47 Å². The summed E-state index contributed by atoms with van der Waals surface area (Å²) in [6, 6.07) is 8.38. The largest absolute Gasteiger partial charge is 0.454 e. The van der Waals surface area contributed by atoms with Crippen LogP contribution in [-0.2, 0) is 6.54 Å². The minimum Gasteiger partial charge on any atom is -0.454 e. The Labute approximate surface area is 134 Å². The molecule has 4 rings (SSSR count). The lowest BCUT2D eigenvalue weighted by Crippen LogP contribution is -2.30. The van der Waals surface area contributed by atoms with Crippen LogP contribution in [0.3, 0.4) is 0 Å². The smallest absolute Gasteiger partial charge is 0.231 e. The van der Waals surface area contributed by atoms with Crippen LogP contribution < -0.4 is 25.6 Å². The standard InChI is InChI=1S/C16H21N5O2/c1-4-19-21(6-1)7-5-17-9-13-10-18-20-16(13)12-2-3-14-15(8-12)23-11-22-14/h1-4,6,8,13,16-18,20H,5,7,9-11H2. The van der Waals surface area contributed by atoms with Crippen LogP contribution in [0.25, 0.3) is 0 Å². The highest BCUT2D eigenvalue weighted by atomic mass is 16.7. The Morgan fingerprint density at radius 3 is 3.17 bits per heavy atom. The third-order valence-electron chi connectivity index (χ3n) is 4.33. The first-order chi connectivity index (χ1) is 11.4. The first-order valence-electron chi connectivity index (χ1n) is 7.96. The van der Waals surface area contributed by atoms with E-state index < -0.39 is 0 Å². The number of benzene rings is 1. The van der Waals surface area contributed by atoms with Crippen molar-refractivity contribution in [3.05, 3.63) is 42.2 Å². The van der Waals surface area contributed by atoms with Gasteiger partial charge >= 0.3 is 0 Å². The number of fused-ring (bicyclic) bond motifs is 1. The second-order valence-electron chi connectivity index (χ2n) is 5.85. The summed E-state index contributed by atoms with van der Waals surface area (Å²) in [6.07, 6.45) is 3.79. The van der Waals surface area contributed by atoms with Gasteiger partial charge in [0.1, 0.15) is 0 Å². The summed E-state index contributed by atoms with van der Waals surface area (Å²) < 4.78 is 12.8. The molecular formula is C16H21N5O2. The van der Waals surface area contributed by atoms with Gasteiger partial charge in [0, 0.05) is 37.9 Å². The Bertz CT molecular complexity index is 646. The molecule has 2 aromatic rings. The van der Waals surface area contributed by atoms with E-state index >= 15 is 0 Å². The van der Waals surface area contributed by atoms with E-state index in [9.17, 15) is 0 Å². The molecule has 2 unspecified atom stereocenters. The van der Waals surface area contributed by atoms with Gasteiger partial charge in [0.25, 0.3) is 0 Å². The fourth-order valence-corrected chi connectivity index (χ4v) is 3.10. The monoisotopic (exact) mass is 315 g/mol. The molecule has 0 saturated carbocycles. The molecule has 0 radical (unpaired) electrons. The van der Waals surface area contributed by atoms with Crippen molar-refractivity contribution in [1.82, 2.24) is 25.9 Å². The number of ether oxygens (including phenoxy) is 2. The number of hydrazine groups is 1. The zero-order valence-electron chi connectivity index (χ0n) is 12.9. The highest BCUT2D eigenvalue weighted by Crippen LogP contribution is 2.36. The third kappa shape index (κ3) is 3.17. The summed E-state index contributed by atoms with van der Waals surface area (Å²) in [5, 5.41) is 7.73. The van der Waals surface area contributed by atoms with Crippen LogP contribution in [0.5, 0.6) is 11.5 Å². The lowest BCUT2D eigenvalue weighted by atomic mass is 9.94. The lowest BCUT2D eigenvalue weighted by molar-refractivity contribution is 0.174. The van der Waals surface area contributed by atoms with Gasteiger partial charge in [-0.1, -0.05) is 6.07 Å². The molecule has 7 heteroatoms. The van der Waals surface area contributed by atoms with Gasteiger partial charge in [-0.15, -0.1) is 0 Å². The maximum atomic E-state index is 5.48. The average molecular weight is 315 g/mol. The average Bonchev–Trinajstić information content (AvgIpc) is 3.31. The van der Waals surface area contributed by atoms with E-state index in [1.54, 1.807) is 6.20 Å². The topological polar surface area (TPSA) is 72.4 Å². The number of aromatic nitrogens is 2. The highest BCUT2D eigenvalue weighted by molar-refractivity contribution is 5.45. The van der Waals surface area contributed by atoms with Crippen LogP contribution in [0.2, 0.25) is 0 Å². The van der Waals surface area contributed by atoms with Crippen LogP contribution >= 0.6 is 0 Å². The molecule has 1 fully saturated rings. The Hall–Kier alpha value is -2.09. The molecule has 2 aliphatic rings. The third-order valence-corrected chi connectivity index (χ3v) is 4.33. The summed E-state index contributed by atoms with van der Waals surface area (Å²) in [5.41, 5.74) is 7.85. The predicted octanol–water partition coefficient (Wildman–Crippen LogP) is 0.667. The molecule has 1 saturated heterocycles. The van der Waals surface area contributed by atoms with E-state index in [0.717, 1.165) is 37.7 Å². The summed E-state index contributed by atoms with van der Waals surface area (Å²) in [4.78, 5) is 0. The Morgan fingerprint density at radius 2 is 2.26 bits per heavy atom. The fourth-order valence-electron chi connectivity index (χ4n) is 3.10. The van der Waals surface area contributed by atoms with Crippen LogP contribution in [0, 0.1) is 5.92 Å². The van der Waals surface area contributed by atoms with Crippen LogP contribution in [0.15, 0.2) is 36.7 Å². The number of hydrogen-bond acceptors (Lipinski definition) is 6. The molecule has 7 nitrogen and oxygen atoms in total. The van der Waals surface area contributed by atoms with Gasteiger partial charge in [-0.3, -0.25) is 10.1 Å². The van der Waals surface area contributed by atoms with Crippen molar-refractivity contribution in [2.75, 3.05) is 26.4 Å². The summed E-state index contributed by atoms with van der Waals surface area (Å²) in [7, 11) is 0. The van der Waals surface area contributed by atoms with Crippen LogP contribution in [-0.4, -0.2) is 36.2 Å². The summed E-state index contributed by atoms with van der Waals surface area (Å²) in [5.74, 6) is 2.14. The molecule has 0 amide bonds. The molecule has 3 N–H and O–H groups in total. The first kappa shape index (κ1) is 14.5. The van der Waals surface area contributed by atoms with E-state index in [4.69, 9.17) is 9.47 Å². The zero-order valence-corrected chi connectivity index (χ0v) is 12.9. The lowest BCUT2D eigenvalue weighted by Gasteiger charge is -2.19. The number of rotatable bonds is 6. The fraction of sp³-hybridized carbons (Fsp3) is 0.438. The predicted molar refractivity (Wildman–Crippen MR) is 85.0 cm³/mol. The maximum absolute atomic E-state index is 5.48. The minimum atomic E-state index is 0.265. The second-order valence-corrected chi connectivity index (χ2v) is 5.85. The Morgan fingerprint density at radius 1 is 1.30 bits per heavy atom. The number of hydrogen-bond donors (Lipinski definition) is 3. The molecule has 0 aliphatic carbocycles. The molecule has 0 bridgehead atoms. The molecule has 0 spiro atoms. The molecule has 2 atom stereocenters. The highest BCUT2D eigenvalue weighted by Gasteiger charge is 2.29. The maximum Gasteiger partial charge on any atom is 0.231 e. The first-order valence-corrected chi connectivity index (χ1v) is 7.96. The Kier molecular flexibility index (Phi) is 4.14. The van der Waals surface area contributed by atoms with Crippen molar-refractivity contribution in [3.63, 3.8) is 0 Å². The van der Waals surface area contributed by atoms with E-state index in [-0.39, 0.29) is 6.04 Å². The SMILES string of the molecule is c1cnn(CCNCC2CNNC2c2ccc3c(c2)OCO3)c1. The molecule has 23 heavy (non-hydrogen) atoms. The molecule has 3 heterocycles. The van der Waals surface area contributed by atoms with Crippen molar-refractivity contribution >= 4 is 0 Å². The Balaban J connectivity index is 1.33. The van der Waals surface area contributed by atoms with Gasteiger partial charge in [0.05, 0.1) is 12.6 Å². The van der Waals surface area contributed by atoms with Crippen molar-refractivity contribution in [3.8, 4) is 11.5 Å². The van der Waals surface area contributed by atoms with Crippen molar-refractivity contribution in [2.24, 2.45) is 5.92 Å². The van der Waals surface area contributed by atoms with Crippen molar-refractivity contribution in [2.45, 2.75) is 12.6 Å². The summed E-state index contributed by atoms with van der Waals surface area (Å²) >= 11 is 0. The second kappa shape index (κ2) is 6.57. The van der Waals surface area contributed by atoms with Gasteiger partial charge in [0.15, 0.2) is 11.5 Å². The van der Waals surface area contributed by atoms with Gasteiger partial charge in [0.2, 0.25) is 6.79 Å². The van der Waals surface area contributed by atoms with Crippen molar-refractivity contribution in [1.29, 1.82) is 0 Å². The number of nitrogens with one attached hydrogen (secondary N) is 3. The van der Waals surface area contributed by atoms with Gasteiger partial charge in [-0.05, 0) is 23.8 Å². The molecule has 1 aromatic heterocycles. The number of nitrogens with zero attached hydrogens (tertiary/aromatic N) is 2. The normalized spacial score (nSPS) is 22.6. The molecule has 1 aromatic carbocycles.